The van der Waals surface area contributed by atoms with Crippen molar-refractivity contribution in [2.24, 2.45) is 0 Å². The summed E-state index contributed by atoms with van der Waals surface area (Å²) >= 11 is 1.36. The second-order valence-electron chi connectivity index (χ2n) is 5.82. The van der Waals surface area contributed by atoms with E-state index < -0.39 is 0 Å². The summed E-state index contributed by atoms with van der Waals surface area (Å²) in [6, 6.07) is 16.0. The van der Waals surface area contributed by atoms with Crippen LogP contribution in [0, 0.1) is 13.8 Å². The van der Waals surface area contributed by atoms with Crippen LogP contribution in [0.3, 0.4) is 0 Å². The maximum atomic E-state index is 12.5. The molecule has 0 saturated carbocycles. The largest absolute Gasteiger partial charge is 0.291 e. The predicted molar refractivity (Wildman–Crippen MR) is 97.3 cm³/mol. The number of aryl methyl sites for hydroxylation is 2. The van der Waals surface area contributed by atoms with E-state index in [1.54, 1.807) is 0 Å². The fourth-order valence-electron chi connectivity index (χ4n) is 2.47. The molecule has 0 spiro atoms. The quantitative estimate of drug-likeness (QED) is 0.566. The van der Waals surface area contributed by atoms with Gasteiger partial charge in [0, 0.05) is 5.56 Å². The van der Waals surface area contributed by atoms with E-state index in [2.05, 4.69) is 10.1 Å². The third-order valence-corrected chi connectivity index (χ3v) is 4.83. The molecule has 0 aliphatic rings. The number of benzene rings is 2. The molecular formula is C19H15N3OS. The molecule has 118 valence electrons. The molecule has 24 heavy (non-hydrogen) atoms. The predicted octanol–water partition coefficient (Wildman–Crippen LogP) is 2.98. The van der Waals surface area contributed by atoms with Gasteiger partial charge in [0.25, 0.3) is 5.56 Å². The molecule has 0 aliphatic carbocycles. The van der Waals surface area contributed by atoms with Gasteiger partial charge in [0.1, 0.15) is 0 Å². The Morgan fingerprint density at radius 3 is 2.21 bits per heavy atom. The van der Waals surface area contributed by atoms with E-state index in [0.29, 0.717) is 15.3 Å². The van der Waals surface area contributed by atoms with Crippen LogP contribution in [0.15, 0.2) is 53.3 Å². The average Bonchev–Trinajstić information content (AvgIpc) is 3.11. The summed E-state index contributed by atoms with van der Waals surface area (Å²) in [6.45, 7) is 4.07. The molecule has 0 radical (unpaired) electrons. The van der Waals surface area contributed by atoms with Crippen molar-refractivity contribution in [1.82, 2.24) is 14.6 Å². The average molecular weight is 333 g/mol. The minimum atomic E-state index is -0.124. The topological polar surface area (TPSA) is 47.3 Å². The molecule has 4 aromatic rings. The van der Waals surface area contributed by atoms with Crippen LogP contribution in [-0.2, 0) is 0 Å². The van der Waals surface area contributed by atoms with Crippen LogP contribution in [0.5, 0.6) is 0 Å². The number of hydrogen-bond acceptors (Lipinski definition) is 4. The number of nitrogens with zero attached hydrogens (tertiary/aromatic N) is 3. The molecule has 0 aliphatic heterocycles. The lowest BCUT2D eigenvalue weighted by Crippen LogP contribution is -2.23. The van der Waals surface area contributed by atoms with Crippen molar-refractivity contribution in [2.45, 2.75) is 13.8 Å². The van der Waals surface area contributed by atoms with Crippen molar-refractivity contribution in [3.8, 4) is 11.4 Å². The van der Waals surface area contributed by atoms with Gasteiger partial charge in [-0.2, -0.15) is 9.50 Å². The third kappa shape index (κ3) is 2.63. The van der Waals surface area contributed by atoms with Gasteiger partial charge in [0.15, 0.2) is 5.82 Å². The molecule has 2 aromatic heterocycles. The SMILES string of the molecule is Cc1ccc(/C=c2\sc3nc(-c4ccc(C)cc4)nn3c2=O)cc1. The molecule has 2 aromatic carbocycles. The Hall–Kier alpha value is -2.79. The Labute approximate surface area is 142 Å². The van der Waals surface area contributed by atoms with Gasteiger partial charge in [-0.05, 0) is 25.5 Å². The highest BCUT2D eigenvalue weighted by Crippen LogP contribution is 2.17. The summed E-state index contributed by atoms with van der Waals surface area (Å²) in [7, 11) is 0. The van der Waals surface area contributed by atoms with E-state index in [9.17, 15) is 4.79 Å². The summed E-state index contributed by atoms with van der Waals surface area (Å²) < 4.78 is 2.03. The second kappa shape index (κ2) is 5.69. The Morgan fingerprint density at radius 1 is 0.958 bits per heavy atom. The summed E-state index contributed by atoms with van der Waals surface area (Å²) in [6.07, 6.45) is 1.88. The van der Waals surface area contributed by atoms with E-state index in [0.717, 1.165) is 11.1 Å². The molecule has 5 heteroatoms. The number of aromatic nitrogens is 3. The van der Waals surface area contributed by atoms with E-state index in [-0.39, 0.29) is 5.56 Å². The zero-order valence-electron chi connectivity index (χ0n) is 13.4. The van der Waals surface area contributed by atoms with Gasteiger partial charge in [-0.3, -0.25) is 4.79 Å². The van der Waals surface area contributed by atoms with Crippen LogP contribution in [0.25, 0.3) is 22.4 Å². The lowest BCUT2D eigenvalue weighted by atomic mass is 10.1. The normalized spacial score (nSPS) is 12.2. The molecule has 0 fully saturated rings. The number of rotatable bonds is 2. The molecule has 2 heterocycles. The van der Waals surface area contributed by atoms with E-state index >= 15 is 0 Å². The maximum Gasteiger partial charge on any atom is 0.291 e. The fraction of sp³-hybridized carbons (Fsp3) is 0.105. The van der Waals surface area contributed by atoms with Crippen molar-refractivity contribution in [2.75, 3.05) is 0 Å². The molecule has 4 rings (SSSR count). The lowest BCUT2D eigenvalue weighted by molar-refractivity contribution is 0.937. The van der Waals surface area contributed by atoms with Crippen LogP contribution in [-0.4, -0.2) is 14.6 Å². The van der Waals surface area contributed by atoms with Crippen LogP contribution in [0.2, 0.25) is 0 Å². The van der Waals surface area contributed by atoms with E-state index in [1.807, 2.05) is 68.5 Å². The highest BCUT2D eigenvalue weighted by molar-refractivity contribution is 7.15. The van der Waals surface area contributed by atoms with Crippen molar-refractivity contribution in [1.29, 1.82) is 0 Å². The lowest BCUT2D eigenvalue weighted by Gasteiger charge is -1.95. The first-order chi connectivity index (χ1) is 11.6. The van der Waals surface area contributed by atoms with Gasteiger partial charge in [-0.25, -0.2) is 0 Å². The van der Waals surface area contributed by atoms with Gasteiger partial charge < -0.3 is 0 Å². The molecule has 0 unspecified atom stereocenters. The fourth-order valence-corrected chi connectivity index (χ4v) is 3.38. The zero-order chi connectivity index (χ0) is 16.7. The maximum absolute atomic E-state index is 12.5. The van der Waals surface area contributed by atoms with E-state index in [4.69, 9.17) is 0 Å². The van der Waals surface area contributed by atoms with Gasteiger partial charge >= 0.3 is 0 Å². The molecule has 0 saturated heterocycles. The van der Waals surface area contributed by atoms with Crippen molar-refractivity contribution >= 4 is 22.4 Å². The molecule has 0 atom stereocenters. The van der Waals surface area contributed by atoms with Gasteiger partial charge in [-0.15, -0.1) is 5.10 Å². The molecule has 0 bridgehead atoms. The van der Waals surface area contributed by atoms with Gasteiger partial charge in [0.05, 0.1) is 4.53 Å². The zero-order valence-corrected chi connectivity index (χ0v) is 14.2. The van der Waals surface area contributed by atoms with Crippen molar-refractivity contribution in [3.63, 3.8) is 0 Å². The van der Waals surface area contributed by atoms with Crippen LogP contribution >= 0.6 is 11.3 Å². The Morgan fingerprint density at radius 2 is 1.58 bits per heavy atom. The second-order valence-corrected chi connectivity index (χ2v) is 6.83. The van der Waals surface area contributed by atoms with Crippen molar-refractivity contribution in [3.05, 3.63) is 80.1 Å². The number of hydrogen-bond donors (Lipinski definition) is 0. The van der Waals surface area contributed by atoms with Crippen LogP contribution in [0.4, 0.5) is 0 Å². The minimum Gasteiger partial charge on any atom is -0.266 e. The first kappa shape index (κ1) is 14.8. The highest BCUT2D eigenvalue weighted by atomic mass is 32.1. The monoisotopic (exact) mass is 333 g/mol. The highest BCUT2D eigenvalue weighted by Gasteiger charge is 2.11. The first-order valence-corrected chi connectivity index (χ1v) is 8.47. The Kier molecular flexibility index (Phi) is 3.50. The molecule has 0 amide bonds. The van der Waals surface area contributed by atoms with Gasteiger partial charge in [0.2, 0.25) is 4.96 Å². The third-order valence-electron chi connectivity index (χ3n) is 3.87. The Balaban J connectivity index is 1.79. The smallest absolute Gasteiger partial charge is 0.266 e. The van der Waals surface area contributed by atoms with Gasteiger partial charge in [-0.1, -0.05) is 71.0 Å². The summed E-state index contributed by atoms with van der Waals surface area (Å²) in [5, 5.41) is 4.37. The van der Waals surface area contributed by atoms with Crippen LogP contribution in [0.1, 0.15) is 16.7 Å². The van der Waals surface area contributed by atoms with Crippen molar-refractivity contribution < 1.29 is 0 Å². The van der Waals surface area contributed by atoms with E-state index in [1.165, 1.54) is 27.0 Å². The summed E-state index contributed by atoms with van der Waals surface area (Å²) in [4.78, 5) is 17.7. The number of fused-ring (bicyclic) bond motifs is 1. The number of thiazole rings is 1. The minimum absolute atomic E-state index is 0.124. The first-order valence-electron chi connectivity index (χ1n) is 7.65. The Bertz CT molecular complexity index is 1120. The van der Waals surface area contributed by atoms with Crippen LogP contribution < -0.4 is 10.1 Å². The molecular weight excluding hydrogens is 318 g/mol. The standard InChI is InChI=1S/C19H15N3OS/c1-12-3-7-14(8-4-12)11-16-18(23)22-19(24-16)20-17(21-22)15-9-5-13(2)6-10-15/h3-11H,1-2H3/b16-11-. The summed E-state index contributed by atoms with van der Waals surface area (Å²) in [5.74, 6) is 0.584. The molecule has 0 N–H and O–H groups in total. The molecule has 4 nitrogen and oxygen atoms in total. The summed E-state index contributed by atoms with van der Waals surface area (Å²) in [5.41, 5.74) is 4.17.